The maximum Gasteiger partial charge on any atom is 0.241 e. The van der Waals surface area contributed by atoms with Crippen LogP contribution in [-0.4, -0.2) is 75.1 Å². The molecule has 1 N–H and O–H groups in total. The van der Waals surface area contributed by atoms with Gasteiger partial charge in [0.15, 0.2) is 0 Å². The number of nitrogens with zero attached hydrogens (tertiary/aromatic N) is 2. The lowest BCUT2D eigenvalue weighted by Gasteiger charge is -2.25. The number of methoxy groups -OCH3 is 1. The molecule has 0 saturated carbocycles. The molecule has 112 valence electrons. The third kappa shape index (κ3) is 7.79. The number of amides is 2. The summed E-state index contributed by atoms with van der Waals surface area (Å²) >= 11 is 0. The fourth-order valence-corrected chi connectivity index (χ4v) is 1.61. The molecular weight excluding hydrogens is 246 g/mol. The Balaban J connectivity index is 4.46. The second-order valence-electron chi connectivity index (χ2n) is 4.76. The molecule has 0 aliphatic rings. The van der Waals surface area contributed by atoms with Crippen LogP contribution in [0.1, 0.15) is 20.3 Å². The van der Waals surface area contributed by atoms with E-state index in [9.17, 15) is 9.59 Å². The number of likely N-dealkylation sites (N-methyl/N-ethyl adjacent to an activating group) is 1. The molecule has 0 rings (SSSR count). The van der Waals surface area contributed by atoms with Crippen LogP contribution in [-0.2, 0) is 14.3 Å². The molecular formula is C13H27N3O3. The van der Waals surface area contributed by atoms with E-state index in [1.807, 2.05) is 13.8 Å². The fraction of sp³-hybridized carbons (Fsp3) is 0.846. The van der Waals surface area contributed by atoms with Crippen LogP contribution in [0.25, 0.3) is 0 Å². The molecule has 1 atom stereocenters. The number of carbonyl (C=O) groups excluding carboxylic acids is 2. The maximum absolute atomic E-state index is 12.2. The zero-order chi connectivity index (χ0) is 14.8. The van der Waals surface area contributed by atoms with Crippen LogP contribution < -0.4 is 5.32 Å². The van der Waals surface area contributed by atoms with E-state index < -0.39 is 0 Å². The quantitative estimate of drug-likeness (QED) is 0.639. The van der Waals surface area contributed by atoms with Gasteiger partial charge < -0.3 is 19.9 Å². The van der Waals surface area contributed by atoms with E-state index in [1.165, 1.54) is 4.90 Å². The summed E-state index contributed by atoms with van der Waals surface area (Å²) in [6.45, 7) is 5.76. The SMILES string of the molecule is CCNC(C)CC(=O)N(CCOC)CC(=O)N(C)C. The number of hydrogen-bond acceptors (Lipinski definition) is 4. The highest BCUT2D eigenvalue weighted by Gasteiger charge is 2.19. The van der Waals surface area contributed by atoms with Gasteiger partial charge in [0.25, 0.3) is 0 Å². The summed E-state index contributed by atoms with van der Waals surface area (Å²) in [5, 5.41) is 3.19. The molecule has 0 aliphatic heterocycles. The Labute approximate surface area is 116 Å². The lowest BCUT2D eigenvalue weighted by atomic mass is 10.2. The first-order valence-corrected chi connectivity index (χ1v) is 6.62. The summed E-state index contributed by atoms with van der Waals surface area (Å²) in [5.74, 6) is -0.110. The van der Waals surface area contributed by atoms with Gasteiger partial charge in [-0.1, -0.05) is 6.92 Å². The van der Waals surface area contributed by atoms with E-state index in [4.69, 9.17) is 4.74 Å². The molecule has 19 heavy (non-hydrogen) atoms. The average molecular weight is 273 g/mol. The van der Waals surface area contributed by atoms with E-state index >= 15 is 0 Å². The Morgan fingerprint density at radius 1 is 1.26 bits per heavy atom. The van der Waals surface area contributed by atoms with Crippen molar-refractivity contribution in [3.63, 3.8) is 0 Å². The predicted octanol–water partition coefficient (Wildman–Crippen LogP) is -0.0623. The van der Waals surface area contributed by atoms with Gasteiger partial charge in [-0.3, -0.25) is 9.59 Å². The zero-order valence-electron chi connectivity index (χ0n) is 12.7. The summed E-state index contributed by atoms with van der Waals surface area (Å²) in [4.78, 5) is 26.9. The zero-order valence-corrected chi connectivity index (χ0v) is 12.7. The van der Waals surface area contributed by atoms with Crippen LogP contribution in [0.2, 0.25) is 0 Å². The van der Waals surface area contributed by atoms with Crippen LogP contribution in [0, 0.1) is 0 Å². The Hall–Kier alpha value is -1.14. The van der Waals surface area contributed by atoms with Crippen molar-refractivity contribution in [1.29, 1.82) is 0 Å². The summed E-state index contributed by atoms with van der Waals surface area (Å²) < 4.78 is 4.98. The van der Waals surface area contributed by atoms with Gasteiger partial charge in [-0.15, -0.1) is 0 Å². The highest BCUT2D eigenvalue weighted by molar-refractivity contribution is 5.84. The van der Waals surface area contributed by atoms with Crippen LogP contribution in [0.3, 0.4) is 0 Å². The third-order valence-corrected chi connectivity index (χ3v) is 2.78. The second-order valence-corrected chi connectivity index (χ2v) is 4.76. The monoisotopic (exact) mass is 273 g/mol. The van der Waals surface area contributed by atoms with Crippen molar-refractivity contribution in [2.45, 2.75) is 26.3 Å². The number of ether oxygens (including phenoxy) is 1. The summed E-state index contributed by atoms with van der Waals surface area (Å²) in [6.07, 6.45) is 0.387. The largest absolute Gasteiger partial charge is 0.383 e. The molecule has 6 nitrogen and oxygen atoms in total. The van der Waals surface area contributed by atoms with Crippen molar-refractivity contribution in [3.8, 4) is 0 Å². The van der Waals surface area contributed by atoms with Crippen molar-refractivity contribution in [1.82, 2.24) is 15.1 Å². The molecule has 0 aromatic carbocycles. The molecule has 0 saturated heterocycles. The van der Waals surface area contributed by atoms with Gasteiger partial charge in [-0.05, 0) is 13.5 Å². The van der Waals surface area contributed by atoms with E-state index in [0.717, 1.165) is 6.54 Å². The molecule has 0 bridgehead atoms. The molecule has 0 radical (unpaired) electrons. The molecule has 0 heterocycles. The molecule has 0 aromatic rings. The van der Waals surface area contributed by atoms with Crippen molar-refractivity contribution < 1.29 is 14.3 Å². The smallest absolute Gasteiger partial charge is 0.241 e. The molecule has 0 fully saturated rings. The highest BCUT2D eigenvalue weighted by Crippen LogP contribution is 2.00. The molecule has 1 unspecified atom stereocenters. The Morgan fingerprint density at radius 3 is 2.37 bits per heavy atom. The minimum Gasteiger partial charge on any atom is -0.383 e. The lowest BCUT2D eigenvalue weighted by Crippen LogP contribution is -2.44. The topological polar surface area (TPSA) is 61.9 Å². The van der Waals surface area contributed by atoms with Gasteiger partial charge >= 0.3 is 0 Å². The van der Waals surface area contributed by atoms with Crippen LogP contribution in [0.5, 0.6) is 0 Å². The van der Waals surface area contributed by atoms with Gasteiger partial charge in [0.2, 0.25) is 11.8 Å². The Bertz CT molecular complexity index is 282. The summed E-state index contributed by atoms with van der Waals surface area (Å²) in [6, 6.07) is 0.108. The fourth-order valence-electron chi connectivity index (χ4n) is 1.61. The highest BCUT2D eigenvalue weighted by atomic mass is 16.5. The van der Waals surface area contributed by atoms with Gasteiger partial charge in [0.05, 0.1) is 13.2 Å². The lowest BCUT2D eigenvalue weighted by molar-refractivity contribution is -0.140. The number of carbonyl (C=O) groups is 2. The average Bonchev–Trinajstić information content (AvgIpc) is 2.33. The molecule has 0 aromatic heterocycles. The summed E-state index contributed by atoms with van der Waals surface area (Å²) in [5.41, 5.74) is 0. The number of hydrogen-bond donors (Lipinski definition) is 1. The van der Waals surface area contributed by atoms with Crippen molar-refractivity contribution in [3.05, 3.63) is 0 Å². The minimum atomic E-state index is -0.0828. The van der Waals surface area contributed by atoms with Gasteiger partial charge in [-0.25, -0.2) is 0 Å². The van der Waals surface area contributed by atoms with Crippen LogP contribution >= 0.6 is 0 Å². The van der Waals surface area contributed by atoms with E-state index in [0.29, 0.717) is 19.6 Å². The molecule has 2 amide bonds. The van der Waals surface area contributed by atoms with Gasteiger partial charge in [0.1, 0.15) is 0 Å². The van der Waals surface area contributed by atoms with E-state index in [1.54, 1.807) is 26.1 Å². The second kappa shape index (κ2) is 9.75. The van der Waals surface area contributed by atoms with E-state index in [2.05, 4.69) is 5.32 Å². The molecule has 0 aliphatic carbocycles. The predicted molar refractivity (Wildman–Crippen MR) is 74.9 cm³/mol. The molecule has 0 spiro atoms. The molecule has 6 heteroatoms. The van der Waals surface area contributed by atoms with Gasteiger partial charge in [-0.2, -0.15) is 0 Å². The maximum atomic E-state index is 12.2. The van der Waals surface area contributed by atoms with Crippen LogP contribution in [0.4, 0.5) is 0 Å². The first-order chi connectivity index (χ1) is 8.92. The third-order valence-electron chi connectivity index (χ3n) is 2.78. The number of nitrogens with one attached hydrogen (secondary N) is 1. The van der Waals surface area contributed by atoms with Crippen molar-refractivity contribution >= 4 is 11.8 Å². The first kappa shape index (κ1) is 17.9. The van der Waals surface area contributed by atoms with Crippen LogP contribution in [0.15, 0.2) is 0 Å². The first-order valence-electron chi connectivity index (χ1n) is 6.62. The standard InChI is InChI=1S/C13H27N3O3/c1-6-14-11(2)9-12(17)16(7-8-19-5)10-13(18)15(3)4/h11,14H,6-10H2,1-5H3. The number of rotatable bonds is 9. The van der Waals surface area contributed by atoms with Crippen molar-refractivity contribution in [2.24, 2.45) is 0 Å². The Kier molecular flexibility index (Phi) is 9.16. The van der Waals surface area contributed by atoms with E-state index in [-0.39, 0.29) is 24.4 Å². The van der Waals surface area contributed by atoms with Gasteiger partial charge in [0, 0.05) is 40.2 Å². The minimum absolute atomic E-state index is 0.0271. The summed E-state index contributed by atoms with van der Waals surface area (Å²) in [7, 11) is 4.95. The van der Waals surface area contributed by atoms with Crippen molar-refractivity contribution in [2.75, 3.05) is 47.4 Å². The Morgan fingerprint density at radius 2 is 1.89 bits per heavy atom. The normalized spacial score (nSPS) is 12.1.